The van der Waals surface area contributed by atoms with Crippen LogP contribution in [0.2, 0.25) is 0 Å². The molecule has 0 saturated heterocycles. The number of para-hydroxylation sites is 1. The third kappa shape index (κ3) is 5.60. The molecule has 2 amide bonds. The van der Waals surface area contributed by atoms with Crippen LogP contribution in [0, 0.1) is 0 Å². The van der Waals surface area contributed by atoms with E-state index in [9.17, 15) is 9.59 Å². The van der Waals surface area contributed by atoms with Gasteiger partial charge in [0.05, 0.1) is 12.6 Å². The van der Waals surface area contributed by atoms with Gasteiger partial charge in [-0.3, -0.25) is 14.5 Å². The van der Waals surface area contributed by atoms with Crippen LogP contribution < -0.4 is 10.1 Å². The normalized spacial score (nSPS) is 11.7. The summed E-state index contributed by atoms with van der Waals surface area (Å²) in [6.45, 7) is 1.95. The third-order valence-electron chi connectivity index (χ3n) is 4.02. The second-order valence-corrected chi connectivity index (χ2v) is 6.31. The Kier molecular flexibility index (Phi) is 6.74. The molecule has 0 aromatic heterocycles. The Morgan fingerprint density at radius 1 is 0.962 bits per heavy atom. The molecule has 2 rings (SSSR count). The van der Waals surface area contributed by atoms with Crippen LogP contribution in [0.15, 0.2) is 54.6 Å². The number of nitrogens with zero attached hydrogens (tertiary/aromatic N) is 2. The number of likely N-dealkylation sites (N-methyl/N-ethyl adjacent to an activating group) is 2. The summed E-state index contributed by atoms with van der Waals surface area (Å²) in [4.78, 5) is 27.4. The lowest BCUT2D eigenvalue weighted by Gasteiger charge is -2.24. The number of hydrogen-bond acceptors (Lipinski definition) is 4. The molecule has 2 aromatic carbocycles. The van der Waals surface area contributed by atoms with Gasteiger partial charge in [-0.2, -0.15) is 0 Å². The van der Waals surface area contributed by atoms with E-state index in [1.54, 1.807) is 57.2 Å². The first-order valence-electron chi connectivity index (χ1n) is 8.41. The minimum absolute atomic E-state index is 0.0467. The van der Waals surface area contributed by atoms with Gasteiger partial charge in [0.25, 0.3) is 0 Å². The van der Waals surface area contributed by atoms with E-state index >= 15 is 0 Å². The van der Waals surface area contributed by atoms with Gasteiger partial charge in [0, 0.05) is 19.8 Å². The van der Waals surface area contributed by atoms with Gasteiger partial charge >= 0.3 is 0 Å². The molecule has 0 saturated carbocycles. The maximum Gasteiger partial charge on any atom is 0.241 e. The zero-order chi connectivity index (χ0) is 19.1. The smallest absolute Gasteiger partial charge is 0.241 e. The van der Waals surface area contributed by atoms with E-state index < -0.39 is 6.04 Å². The van der Waals surface area contributed by atoms with Gasteiger partial charge in [-0.15, -0.1) is 0 Å². The summed E-state index contributed by atoms with van der Waals surface area (Å²) in [6.07, 6.45) is 0. The van der Waals surface area contributed by atoms with Crippen LogP contribution >= 0.6 is 0 Å². The van der Waals surface area contributed by atoms with Crippen molar-refractivity contribution < 1.29 is 14.3 Å². The first-order valence-corrected chi connectivity index (χ1v) is 8.41. The lowest BCUT2D eigenvalue weighted by Crippen LogP contribution is -2.44. The fourth-order valence-corrected chi connectivity index (χ4v) is 2.17. The van der Waals surface area contributed by atoms with Crippen LogP contribution in [0.5, 0.6) is 11.5 Å². The average molecular weight is 355 g/mol. The highest BCUT2D eigenvalue weighted by Crippen LogP contribution is 2.22. The standard InChI is InChI=1S/C20H25N3O3/c1-15(23(4)14-19(24)22(2)3)20(25)21-16-10-12-18(13-11-16)26-17-8-6-5-7-9-17/h5-13,15H,14H2,1-4H3,(H,21,25)/t15-/m1/s1. The second-order valence-electron chi connectivity index (χ2n) is 6.31. The highest BCUT2D eigenvalue weighted by atomic mass is 16.5. The molecule has 1 atom stereocenters. The van der Waals surface area contributed by atoms with Crippen LogP contribution in [0.3, 0.4) is 0 Å². The number of carbonyl (C=O) groups is 2. The average Bonchev–Trinajstić information content (AvgIpc) is 2.63. The Morgan fingerprint density at radius 3 is 2.12 bits per heavy atom. The summed E-state index contributed by atoms with van der Waals surface area (Å²) in [5.41, 5.74) is 0.676. The lowest BCUT2D eigenvalue weighted by molar-refractivity contribution is -0.131. The number of benzene rings is 2. The number of anilines is 1. The van der Waals surface area contributed by atoms with Crippen molar-refractivity contribution in [3.05, 3.63) is 54.6 Å². The van der Waals surface area contributed by atoms with Crippen molar-refractivity contribution in [1.82, 2.24) is 9.80 Å². The third-order valence-corrected chi connectivity index (χ3v) is 4.02. The first-order chi connectivity index (χ1) is 12.4. The van der Waals surface area contributed by atoms with Gasteiger partial charge < -0.3 is 15.0 Å². The molecule has 0 unspecified atom stereocenters. The maximum absolute atomic E-state index is 12.4. The molecule has 26 heavy (non-hydrogen) atoms. The predicted molar refractivity (Wildman–Crippen MR) is 102 cm³/mol. The molecular formula is C20H25N3O3. The van der Waals surface area contributed by atoms with E-state index in [1.165, 1.54) is 4.90 Å². The van der Waals surface area contributed by atoms with E-state index in [0.717, 1.165) is 5.75 Å². The van der Waals surface area contributed by atoms with Crippen molar-refractivity contribution >= 4 is 17.5 Å². The highest BCUT2D eigenvalue weighted by molar-refractivity contribution is 5.95. The second kappa shape index (κ2) is 9.01. The molecule has 1 N–H and O–H groups in total. The van der Waals surface area contributed by atoms with E-state index in [2.05, 4.69) is 5.32 Å². The summed E-state index contributed by atoms with van der Waals surface area (Å²) >= 11 is 0. The Labute approximate surface area is 154 Å². The number of ether oxygens (including phenoxy) is 1. The molecule has 0 radical (unpaired) electrons. The Morgan fingerprint density at radius 2 is 1.54 bits per heavy atom. The maximum atomic E-state index is 12.4. The zero-order valence-corrected chi connectivity index (χ0v) is 15.6. The summed E-state index contributed by atoms with van der Waals surface area (Å²) < 4.78 is 5.73. The van der Waals surface area contributed by atoms with Crippen LogP contribution in [0.1, 0.15) is 6.92 Å². The van der Waals surface area contributed by atoms with Crippen molar-refractivity contribution in [3.63, 3.8) is 0 Å². The lowest BCUT2D eigenvalue weighted by atomic mass is 10.2. The molecule has 0 spiro atoms. The number of nitrogens with one attached hydrogen (secondary N) is 1. The molecule has 0 fully saturated rings. The monoisotopic (exact) mass is 355 g/mol. The molecule has 0 heterocycles. The topological polar surface area (TPSA) is 61.9 Å². The molecule has 0 aliphatic heterocycles. The number of amides is 2. The Balaban J connectivity index is 1.91. The van der Waals surface area contributed by atoms with Gasteiger partial charge in [0.2, 0.25) is 11.8 Å². The van der Waals surface area contributed by atoms with E-state index in [-0.39, 0.29) is 18.4 Å². The largest absolute Gasteiger partial charge is 0.457 e. The van der Waals surface area contributed by atoms with Crippen LogP contribution in [0.25, 0.3) is 0 Å². The molecule has 6 nitrogen and oxygen atoms in total. The van der Waals surface area contributed by atoms with E-state index in [1.807, 2.05) is 30.3 Å². The van der Waals surface area contributed by atoms with Crippen LogP contribution in [-0.4, -0.2) is 55.3 Å². The van der Waals surface area contributed by atoms with Gasteiger partial charge in [-0.05, 0) is 50.4 Å². The van der Waals surface area contributed by atoms with E-state index in [0.29, 0.717) is 11.4 Å². The molecule has 0 aliphatic carbocycles. The van der Waals surface area contributed by atoms with Crippen molar-refractivity contribution in [2.75, 3.05) is 33.0 Å². The summed E-state index contributed by atoms with van der Waals surface area (Å²) in [5.74, 6) is 1.23. The van der Waals surface area contributed by atoms with Gasteiger partial charge in [-0.1, -0.05) is 18.2 Å². The minimum Gasteiger partial charge on any atom is -0.457 e. The molecule has 0 aliphatic rings. The van der Waals surface area contributed by atoms with Crippen molar-refractivity contribution in [1.29, 1.82) is 0 Å². The van der Waals surface area contributed by atoms with E-state index in [4.69, 9.17) is 4.74 Å². The number of rotatable bonds is 7. The fraction of sp³-hybridized carbons (Fsp3) is 0.300. The molecule has 2 aromatic rings. The zero-order valence-electron chi connectivity index (χ0n) is 15.6. The van der Waals surface area contributed by atoms with Gasteiger partial charge in [-0.25, -0.2) is 0 Å². The number of carbonyl (C=O) groups excluding carboxylic acids is 2. The van der Waals surface area contributed by atoms with Gasteiger partial charge in [0.15, 0.2) is 0 Å². The molecule has 0 bridgehead atoms. The number of hydrogen-bond donors (Lipinski definition) is 1. The summed E-state index contributed by atoms with van der Waals surface area (Å²) in [6, 6.07) is 16.2. The summed E-state index contributed by atoms with van der Waals surface area (Å²) in [5, 5.41) is 2.86. The predicted octanol–water partition coefficient (Wildman–Crippen LogP) is 2.83. The highest BCUT2D eigenvalue weighted by Gasteiger charge is 2.20. The Bertz CT molecular complexity index is 730. The van der Waals surface area contributed by atoms with Crippen LogP contribution in [0.4, 0.5) is 5.69 Å². The van der Waals surface area contributed by atoms with Crippen molar-refractivity contribution in [3.8, 4) is 11.5 Å². The minimum atomic E-state index is -0.431. The van der Waals surface area contributed by atoms with Crippen LogP contribution in [-0.2, 0) is 9.59 Å². The summed E-state index contributed by atoms with van der Waals surface area (Å²) in [7, 11) is 5.14. The fourth-order valence-electron chi connectivity index (χ4n) is 2.17. The quantitative estimate of drug-likeness (QED) is 0.830. The SMILES string of the molecule is C[C@H](C(=O)Nc1ccc(Oc2ccccc2)cc1)N(C)CC(=O)N(C)C. The Hall–Kier alpha value is -2.86. The molecular weight excluding hydrogens is 330 g/mol. The molecule has 6 heteroatoms. The first kappa shape index (κ1) is 19.5. The van der Waals surface area contributed by atoms with Crippen molar-refractivity contribution in [2.24, 2.45) is 0 Å². The van der Waals surface area contributed by atoms with Gasteiger partial charge in [0.1, 0.15) is 11.5 Å². The molecule has 138 valence electrons. The van der Waals surface area contributed by atoms with Crippen molar-refractivity contribution in [2.45, 2.75) is 13.0 Å².